The van der Waals surface area contributed by atoms with Crippen molar-refractivity contribution in [2.24, 2.45) is 0 Å². The molecular weight excluding hydrogens is 295 g/mol. The molecule has 0 aliphatic rings. The fraction of sp³-hybridized carbons (Fsp3) is 0.182. The van der Waals surface area contributed by atoms with Crippen LogP contribution in [0.2, 0.25) is 5.15 Å². The summed E-state index contributed by atoms with van der Waals surface area (Å²) < 4.78 is 38.6. The van der Waals surface area contributed by atoms with Crippen molar-refractivity contribution in [3.05, 3.63) is 34.1 Å². The van der Waals surface area contributed by atoms with Gasteiger partial charge in [-0.05, 0) is 13.0 Å². The van der Waals surface area contributed by atoms with Crippen LogP contribution in [-0.4, -0.2) is 15.2 Å². The van der Waals surface area contributed by atoms with Gasteiger partial charge in [-0.2, -0.15) is 23.5 Å². The number of nitriles is 1. The number of halogens is 4. The van der Waals surface area contributed by atoms with Crippen molar-refractivity contribution >= 4 is 23.2 Å². The Bertz CT molecular complexity index is 686. The van der Waals surface area contributed by atoms with Crippen LogP contribution in [0.4, 0.5) is 24.8 Å². The lowest BCUT2D eigenvalue weighted by Gasteiger charge is -2.11. The minimum absolute atomic E-state index is 0.146. The zero-order valence-electron chi connectivity index (χ0n) is 10.0. The lowest BCUT2D eigenvalue weighted by atomic mass is 10.1. The average Bonchev–Trinajstić information content (AvgIpc) is 2.73. The van der Waals surface area contributed by atoms with Crippen LogP contribution in [0, 0.1) is 18.3 Å². The van der Waals surface area contributed by atoms with Gasteiger partial charge in [-0.15, -0.1) is 0 Å². The second kappa shape index (κ2) is 5.02. The van der Waals surface area contributed by atoms with E-state index in [2.05, 4.69) is 20.5 Å². The van der Waals surface area contributed by atoms with Crippen LogP contribution in [0.5, 0.6) is 0 Å². The van der Waals surface area contributed by atoms with Crippen LogP contribution in [0.1, 0.15) is 16.8 Å². The molecule has 2 rings (SSSR count). The predicted octanol–water partition coefficient (Wildman–Crippen LogP) is 3.40. The van der Waals surface area contributed by atoms with Gasteiger partial charge in [-0.1, -0.05) is 11.6 Å². The summed E-state index contributed by atoms with van der Waals surface area (Å²) in [5.41, 5.74) is -1.12. The summed E-state index contributed by atoms with van der Waals surface area (Å²) in [6, 6.07) is 3.70. The van der Waals surface area contributed by atoms with Crippen molar-refractivity contribution in [3.63, 3.8) is 0 Å². The first kappa shape index (κ1) is 14.1. The lowest BCUT2D eigenvalue weighted by molar-refractivity contribution is -0.137. The van der Waals surface area contributed by atoms with Gasteiger partial charge in [-0.25, -0.2) is 4.98 Å². The van der Waals surface area contributed by atoms with E-state index in [-0.39, 0.29) is 5.82 Å². The molecule has 2 aromatic rings. The Morgan fingerprint density at radius 2 is 2.05 bits per heavy atom. The monoisotopic (exact) mass is 301 g/mol. The first-order valence-electron chi connectivity index (χ1n) is 5.28. The largest absolute Gasteiger partial charge is 0.417 e. The van der Waals surface area contributed by atoms with Gasteiger partial charge >= 0.3 is 6.18 Å². The highest BCUT2D eigenvalue weighted by molar-refractivity contribution is 6.30. The molecule has 0 bridgehead atoms. The van der Waals surface area contributed by atoms with Crippen molar-refractivity contribution in [2.75, 3.05) is 5.32 Å². The fourth-order valence-corrected chi connectivity index (χ4v) is 1.76. The third kappa shape index (κ3) is 2.83. The summed E-state index contributed by atoms with van der Waals surface area (Å²) in [7, 11) is 0. The highest BCUT2D eigenvalue weighted by atomic mass is 35.5. The second-order valence-electron chi connectivity index (χ2n) is 3.89. The summed E-state index contributed by atoms with van der Waals surface area (Å²) in [4.78, 5) is 3.70. The van der Waals surface area contributed by atoms with Crippen molar-refractivity contribution in [3.8, 4) is 6.07 Å². The first-order valence-corrected chi connectivity index (χ1v) is 5.66. The van der Waals surface area contributed by atoms with E-state index >= 15 is 0 Å². The molecule has 0 aliphatic carbocycles. The van der Waals surface area contributed by atoms with Gasteiger partial charge in [0.1, 0.15) is 22.6 Å². The van der Waals surface area contributed by atoms with Crippen LogP contribution in [0.25, 0.3) is 0 Å². The summed E-state index contributed by atoms with van der Waals surface area (Å²) in [6.45, 7) is 1.73. The Morgan fingerprint density at radius 1 is 1.35 bits per heavy atom. The normalized spacial score (nSPS) is 11.2. The summed E-state index contributed by atoms with van der Waals surface area (Å²) >= 11 is 5.61. The van der Waals surface area contributed by atoms with Crippen LogP contribution >= 0.6 is 11.6 Å². The van der Waals surface area contributed by atoms with Gasteiger partial charge in [0.2, 0.25) is 0 Å². The molecule has 0 fully saturated rings. The van der Waals surface area contributed by atoms with E-state index in [1.165, 1.54) is 6.07 Å². The van der Waals surface area contributed by atoms with Crippen molar-refractivity contribution in [1.29, 1.82) is 5.26 Å². The topological polar surface area (TPSA) is 77.4 Å². The molecule has 2 aromatic heterocycles. The summed E-state index contributed by atoms with van der Waals surface area (Å²) in [5, 5.41) is 17.2. The molecule has 0 unspecified atom stereocenters. The van der Waals surface area contributed by atoms with Crippen LogP contribution in [-0.2, 0) is 6.18 Å². The molecule has 0 saturated carbocycles. The van der Waals surface area contributed by atoms with Gasteiger partial charge in [0, 0.05) is 11.8 Å². The van der Waals surface area contributed by atoms with Gasteiger partial charge in [0.05, 0.1) is 5.56 Å². The molecule has 0 atom stereocenters. The minimum Gasteiger partial charge on any atom is -0.323 e. The number of aromatic amines is 1. The van der Waals surface area contributed by atoms with E-state index in [0.717, 1.165) is 5.69 Å². The molecule has 9 heteroatoms. The van der Waals surface area contributed by atoms with Gasteiger partial charge in [0.15, 0.2) is 5.82 Å². The number of anilines is 2. The molecule has 5 nitrogen and oxygen atoms in total. The van der Waals surface area contributed by atoms with Gasteiger partial charge in [-0.3, -0.25) is 5.10 Å². The molecule has 2 heterocycles. The van der Waals surface area contributed by atoms with Crippen molar-refractivity contribution < 1.29 is 13.2 Å². The van der Waals surface area contributed by atoms with E-state index in [4.69, 9.17) is 16.9 Å². The molecule has 0 saturated heterocycles. The third-order valence-corrected chi connectivity index (χ3v) is 2.63. The molecule has 20 heavy (non-hydrogen) atoms. The molecular formula is C11H7ClF3N5. The van der Waals surface area contributed by atoms with Crippen molar-refractivity contribution in [2.45, 2.75) is 13.1 Å². The zero-order valence-corrected chi connectivity index (χ0v) is 10.8. The van der Waals surface area contributed by atoms with E-state index in [9.17, 15) is 13.2 Å². The van der Waals surface area contributed by atoms with Crippen molar-refractivity contribution in [1.82, 2.24) is 15.2 Å². The van der Waals surface area contributed by atoms with E-state index in [0.29, 0.717) is 11.9 Å². The Kier molecular flexibility index (Phi) is 3.55. The number of H-pyrrole nitrogens is 1. The number of rotatable bonds is 2. The molecule has 2 N–H and O–H groups in total. The number of aromatic nitrogens is 3. The highest BCUT2D eigenvalue weighted by Crippen LogP contribution is 2.35. The highest BCUT2D eigenvalue weighted by Gasteiger charge is 2.35. The quantitative estimate of drug-likeness (QED) is 0.833. The smallest absolute Gasteiger partial charge is 0.323 e. The second-order valence-corrected chi connectivity index (χ2v) is 4.25. The third-order valence-electron chi connectivity index (χ3n) is 2.35. The molecule has 0 aromatic carbocycles. The van der Waals surface area contributed by atoms with Crippen LogP contribution < -0.4 is 5.32 Å². The Balaban J connectivity index is 2.46. The van der Waals surface area contributed by atoms with E-state index in [1.54, 1.807) is 13.0 Å². The lowest BCUT2D eigenvalue weighted by Crippen LogP contribution is -2.10. The number of aryl methyl sites for hydroxylation is 1. The number of hydrogen-bond acceptors (Lipinski definition) is 4. The number of hydrogen-bond donors (Lipinski definition) is 2. The van der Waals surface area contributed by atoms with Gasteiger partial charge < -0.3 is 5.32 Å². The van der Waals surface area contributed by atoms with Gasteiger partial charge in [0.25, 0.3) is 0 Å². The number of alkyl halides is 3. The molecule has 0 amide bonds. The van der Waals surface area contributed by atoms with E-state index in [1.807, 2.05) is 0 Å². The van der Waals surface area contributed by atoms with E-state index < -0.39 is 22.5 Å². The molecule has 104 valence electrons. The summed E-state index contributed by atoms with van der Waals surface area (Å²) in [5.74, 6) is 0.150. The number of nitrogens with one attached hydrogen (secondary N) is 2. The SMILES string of the molecule is Cc1cc(Nc2cc(C(F)(F)F)c(C#N)c(Cl)n2)n[nH]1. The molecule has 0 spiro atoms. The Labute approximate surface area is 116 Å². The zero-order chi connectivity index (χ0) is 14.9. The standard InChI is InChI=1S/C11H7ClF3N5/c1-5-2-9(20-19-5)17-8-3-7(11(13,14)15)6(4-16)10(12)18-8/h2-3H,1H3,(H2,17,18,19,20). The molecule has 0 aliphatic heterocycles. The fourth-order valence-electron chi connectivity index (χ4n) is 1.52. The minimum atomic E-state index is -4.70. The average molecular weight is 302 g/mol. The maximum Gasteiger partial charge on any atom is 0.417 e. The number of pyridine rings is 1. The Hall–Kier alpha value is -2.27. The number of nitrogens with zero attached hydrogens (tertiary/aromatic N) is 3. The maximum absolute atomic E-state index is 12.9. The summed E-state index contributed by atoms with van der Waals surface area (Å²) in [6.07, 6.45) is -4.70. The maximum atomic E-state index is 12.9. The molecule has 0 radical (unpaired) electrons. The first-order chi connectivity index (χ1) is 9.31. The Morgan fingerprint density at radius 3 is 2.55 bits per heavy atom. The van der Waals surface area contributed by atoms with Crippen LogP contribution in [0.3, 0.4) is 0 Å². The predicted molar refractivity (Wildman–Crippen MR) is 65.6 cm³/mol. The van der Waals surface area contributed by atoms with Crippen LogP contribution in [0.15, 0.2) is 12.1 Å².